The van der Waals surface area contributed by atoms with Gasteiger partial charge in [0.05, 0.1) is 11.4 Å². The van der Waals surface area contributed by atoms with Crippen LogP contribution in [-0.4, -0.2) is 25.0 Å². The molecule has 0 atom stereocenters. The fourth-order valence-corrected chi connectivity index (χ4v) is 2.05. The lowest BCUT2D eigenvalue weighted by molar-refractivity contribution is 0.477. The molecule has 0 aliphatic rings. The van der Waals surface area contributed by atoms with E-state index in [-0.39, 0.29) is 17.6 Å². The van der Waals surface area contributed by atoms with Crippen molar-refractivity contribution >= 4 is 24.0 Å². The van der Waals surface area contributed by atoms with Crippen molar-refractivity contribution in [1.29, 1.82) is 0 Å². The van der Waals surface area contributed by atoms with Gasteiger partial charge in [-0.2, -0.15) is 0 Å². The number of aromatic hydroxyl groups is 1. The Morgan fingerprint density at radius 1 is 0.870 bits per heavy atom. The topological polar surface area (TPSA) is 124 Å². The largest absolute Gasteiger partial charge is 0.507 e. The Morgan fingerprint density at radius 2 is 1.61 bits per heavy atom. The van der Waals surface area contributed by atoms with Crippen molar-refractivity contribution in [2.24, 2.45) is 0 Å². The minimum Gasteiger partial charge on any atom is -0.507 e. The molecule has 3 aromatic rings. The molecule has 0 radical (unpaired) electrons. The Morgan fingerprint density at radius 3 is 2.35 bits per heavy atom. The highest BCUT2D eigenvalue weighted by atomic mass is 16.3. The second-order valence-electron chi connectivity index (χ2n) is 4.75. The van der Waals surface area contributed by atoms with Crippen LogP contribution in [0, 0.1) is 0 Å². The van der Waals surface area contributed by atoms with Crippen LogP contribution in [0.1, 0.15) is 11.3 Å². The molecule has 5 N–H and O–H groups in total. The standard InChI is InChI=1S/C16H14N6O/c17-15-19-7-5-11(21-15)3-1-10-2-4-14(23)12(9-10)13-6-8-20-16(18)22-13/h1-9,23H,(H2,17,19,21)(H2,18,20,22). The summed E-state index contributed by atoms with van der Waals surface area (Å²) in [4.78, 5) is 15.9. The number of hydrogen-bond acceptors (Lipinski definition) is 7. The lowest BCUT2D eigenvalue weighted by Gasteiger charge is -2.05. The van der Waals surface area contributed by atoms with Gasteiger partial charge in [0.25, 0.3) is 0 Å². The number of nitrogens with zero attached hydrogens (tertiary/aromatic N) is 4. The van der Waals surface area contributed by atoms with E-state index in [2.05, 4.69) is 19.9 Å². The fourth-order valence-electron chi connectivity index (χ4n) is 2.05. The quantitative estimate of drug-likeness (QED) is 0.675. The van der Waals surface area contributed by atoms with Gasteiger partial charge in [0.1, 0.15) is 5.75 Å². The predicted octanol–water partition coefficient (Wildman–Crippen LogP) is 1.97. The Bertz CT molecular complexity index is 878. The third-order valence-corrected chi connectivity index (χ3v) is 3.11. The van der Waals surface area contributed by atoms with E-state index in [9.17, 15) is 5.11 Å². The zero-order valence-electron chi connectivity index (χ0n) is 12.1. The number of anilines is 2. The van der Waals surface area contributed by atoms with Crippen LogP contribution in [0.3, 0.4) is 0 Å². The lowest BCUT2D eigenvalue weighted by atomic mass is 10.1. The summed E-state index contributed by atoms with van der Waals surface area (Å²) < 4.78 is 0. The summed E-state index contributed by atoms with van der Waals surface area (Å²) in [5.74, 6) is 0.487. The molecule has 0 spiro atoms. The first-order chi connectivity index (χ1) is 11.1. The van der Waals surface area contributed by atoms with Gasteiger partial charge in [-0.3, -0.25) is 0 Å². The second-order valence-corrected chi connectivity index (χ2v) is 4.75. The van der Waals surface area contributed by atoms with E-state index < -0.39 is 0 Å². The molecule has 0 aliphatic heterocycles. The smallest absolute Gasteiger partial charge is 0.220 e. The van der Waals surface area contributed by atoms with Crippen LogP contribution in [0.25, 0.3) is 23.4 Å². The molecule has 114 valence electrons. The van der Waals surface area contributed by atoms with Crippen molar-refractivity contribution in [3.05, 3.63) is 54.0 Å². The first-order valence-electron chi connectivity index (χ1n) is 6.80. The molecule has 7 heteroatoms. The van der Waals surface area contributed by atoms with Crippen LogP contribution in [0.2, 0.25) is 0 Å². The average Bonchev–Trinajstić information content (AvgIpc) is 2.54. The van der Waals surface area contributed by atoms with Gasteiger partial charge >= 0.3 is 0 Å². The highest BCUT2D eigenvalue weighted by Gasteiger charge is 2.07. The Balaban J connectivity index is 1.94. The monoisotopic (exact) mass is 306 g/mol. The van der Waals surface area contributed by atoms with E-state index in [0.717, 1.165) is 5.56 Å². The van der Waals surface area contributed by atoms with E-state index in [1.54, 1.807) is 42.7 Å². The van der Waals surface area contributed by atoms with Crippen LogP contribution in [0.15, 0.2) is 42.7 Å². The number of rotatable bonds is 3. The molecule has 23 heavy (non-hydrogen) atoms. The van der Waals surface area contributed by atoms with E-state index in [1.807, 2.05) is 12.2 Å². The molecule has 0 amide bonds. The fraction of sp³-hybridized carbons (Fsp3) is 0. The number of phenolic OH excluding ortho intramolecular Hbond substituents is 1. The van der Waals surface area contributed by atoms with Gasteiger partial charge in [-0.15, -0.1) is 0 Å². The summed E-state index contributed by atoms with van der Waals surface area (Å²) in [6.07, 6.45) is 6.80. The number of phenols is 1. The Hall–Kier alpha value is -3.48. The second kappa shape index (κ2) is 6.10. The number of aromatic nitrogens is 4. The van der Waals surface area contributed by atoms with Crippen LogP contribution >= 0.6 is 0 Å². The van der Waals surface area contributed by atoms with Crippen molar-refractivity contribution in [1.82, 2.24) is 19.9 Å². The van der Waals surface area contributed by atoms with Crippen LogP contribution in [0.4, 0.5) is 11.9 Å². The number of benzene rings is 1. The van der Waals surface area contributed by atoms with Crippen LogP contribution in [-0.2, 0) is 0 Å². The molecule has 2 aromatic heterocycles. The molecule has 0 saturated heterocycles. The molecule has 2 heterocycles. The summed E-state index contributed by atoms with van der Waals surface area (Å²) in [6.45, 7) is 0. The summed E-state index contributed by atoms with van der Waals surface area (Å²) in [5, 5.41) is 10.0. The normalized spacial score (nSPS) is 11.0. The molecule has 1 aromatic carbocycles. The molecular weight excluding hydrogens is 292 g/mol. The number of nitrogen functional groups attached to an aromatic ring is 2. The van der Waals surface area contributed by atoms with Crippen molar-refractivity contribution < 1.29 is 5.11 Å². The third-order valence-electron chi connectivity index (χ3n) is 3.11. The minimum atomic E-state index is 0.117. The summed E-state index contributed by atoms with van der Waals surface area (Å²) >= 11 is 0. The number of nitrogens with two attached hydrogens (primary N) is 2. The highest BCUT2D eigenvalue weighted by Crippen LogP contribution is 2.29. The SMILES string of the molecule is Nc1nccc(C=Cc2ccc(O)c(-c3ccnc(N)n3)c2)n1. The van der Waals surface area contributed by atoms with E-state index in [0.29, 0.717) is 17.0 Å². The van der Waals surface area contributed by atoms with Gasteiger partial charge in [0, 0.05) is 18.0 Å². The molecule has 0 bridgehead atoms. The molecule has 0 fully saturated rings. The maximum atomic E-state index is 10.0. The molecule has 0 unspecified atom stereocenters. The Labute approximate surface area is 132 Å². The zero-order valence-corrected chi connectivity index (χ0v) is 12.1. The summed E-state index contributed by atoms with van der Waals surface area (Å²) in [5.41, 5.74) is 13.8. The molecule has 0 saturated carbocycles. The zero-order chi connectivity index (χ0) is 16.2. The molecule has 3 rings (SSSR count). The molecule has 0 aliphatic carbocycles. The first kappa shape index (κ1) is 14.5. The minimum absolute atomic E-state index is 0.117. The van der Waals surface area contributed by atoms with Crippen molar-refractivity contribution in [2.75, 3.05) is 11.5 Å². The molecular formula is C16H14N6O. The van der Waals surface area contributed by atoms with Gasteiger partial charge in [-0.1, -0.05) is 12.1 Å². The first-order valence-corrected chi connectivity index (χ1v) is 6.80. The molecule has 7 nitrogen and oxygen atoms in total. The summed E-state index contributed by atoms with van der Waals surface area (Å²) in [6, 6.07) is 8.62. The van der Waals surface area contributed by atoms with Crippen molar-refractivity contribution in [3.8, 4) is 17.0 Å². The van der Waals surface area contributed by atoms with E-state index >= 15 is 0 Å². The number of hydrogen-bond donors (Lipinski definition) is 3. The maximum Gasteiger partial charge on any atom is 0.220 e. The van der Waals surface area contributed by atoms with Gasteiger partial charge in [-0.05, 0) is 35.9 Å². The predicted molar refractivity (Wildman–Crippen MR) is 88.9 cm³/mol. The van der Waals surface area contributed by atoms with E-state index in [1.165, 1.54) is 0 Å². The van der Waals surface area contributed by atoms with Gasteiger partial charge in [-0.25, -0.2) is 19.9 Å². The van der Waals surface area contributed by atoms with Crippen molar-refractivity contribution in [2.45, 2.75) is 0 Å². The lowest BCUT2D eigenvalue weighted by Crippen LogP contribution is -1.95. The maximum absolute atomic E-state index is 10.0. The highest BCUT2D eigenvalue weighted by molar-refractivity contribution is 5.75. The average molecular weight is 306 g/mol. The van der Waals surface area contributed by atoms with Crippen molar-refractivity contribution in [3.63, 3.8) is 0 Å². The Kier molecular flexibility index (Phi) is 3.84. The van der Waals surface area contributed by atoms with Crippen LogP contribution < -0.4 is 11.5 Å². The van der Waals surface area contributed by atoms with Gasteiger partial charge in [0.15, 0.2) is 0 Å². The van der Waals surface area contributed by atoms with Gasteiger partial charge in [0.2, 0.25) is 11.9 Å². The van der Waals surface area contributed by atoms with Gasteiger partial charge < -0.3 is 16.6 Å². The summed E-state index contributed by atoms with van der Waals surface area (Å²) in [7, 11) is 0. The van der Waals surface area contributed by atoms with Crippen LogP contribution in [0.5, 0.6) is 5.75 Å². The van der Waals surface area contributed by atoms with E-state index in [4.69, 9.17) is 11.5 Å². The third kappa shape index (κ3) is 3.41.